The number of rotatable bonds is 3. The van der Waals surface area contributed by atoms with E-state index in [1.807, 2.05) is 38.1 Å². The lowest BCUT2D eigenvalue weighted by atomic mass is 10.0. The van der Waals surface area contributed by atoms with E-state index in [9.17, 15) is 14.4 Å². The first-order valence-corrected chi connectivity index (χ1v) is 8.91. The van der Waals surface area contributed by atoms with Crippen LogP contribution >= 0.6 is 0 Å². The zero-order valence-corrected chi connectivity index (χ0v) is 15.1. The standard InChI is InChI=1S/C19H25N3O3/c1-13-7-9-16(10-8-13)22-15(3)18(24)21(19(22)25)12-17(23)20-11-5-4-6-14(20)2/h7-10,14-15H,4-6,11-12H2,1-3H3. The maximum Gasteiger partial charge on any atom is 0.332 e. The largest absolute Gasteiger partial charge is 0.338 e. The molecule has 2 aliphatic rings. The van der Waals surface area contributed by atoms with E-state index in [1.54, 1.807) is 11.8 Å². The van der Waals surface area contributed by atoms with Crippen molar-refractivity contribution in [1.29, 1.82) is 0 Å². The number of hydrogen-bond acceptors (Lipinski definition) is 3. The molecule has 0 aliphatic carbocycles. The van der Waals surface area contributed by atoms with Crippen LogP contribution in [0.15, 0.2) is 24.3 Å². The van der Waals surface area contributed by atoms with Crippen molar-refractivity contribution in [3.05, 3.63) is 29.8 Å². The molecule has 25 heavy (non-hydrogen) atoms. The number of likely N-dealkylation sites (tertiary alicyclic amines) is 1. The van der Waals surface area contributed by atoms with Crippen LogP contribution in [0.2, 0.25) is 0 Å². The molecule has 0 saturated carbocycles. The third-order valence-electron chi connectivity index (χ3n) is 5.18. The van der Waals surface area contributed by atoms with Crippen molar-refractivity contribution in [2.24, 2.45) is 0 Å². The minimum atomic E-state index is -0.596. The van der Waals surface area contributed by atoms with Gasteiger partial charge in [0, 0.05) is 18.3 Å². The van der Waals surface area contributed by atoms with Gasteiger partial charge in [0.1, 0.15) is 12.6 Å². The summed E-state index contributed by atoms with van der Waals surface area (Å²) >= 11 is 0. The molecular weight excluding hydrogens is 318 g/mol. The molecule has 4 amide bonds. The first kappa shape index (κ1) is 17.5. The number of hydrogen-bond donors (Lipinski definition) is 0. The molecule has 0 spiro atoms. The van der Waals surface area contributed by atoms with Crippen LogP contribution in [-0.4, -0.2) is 52.8 Å². The molecular formula is C19H25N3O3. The average molecular weight is 343 g/mol. The van der Waals surface area contributed by atoms with Crippen molar-refractivity contribution in [3.63, 3.8) is 0 Å². The van der Waals surface area contributed by atoms with Gasteiger partial charge in [-0.15, -0.1) is 0 Å². The molecule has 1 aromatic rings. The third-order valence-corrected chi connectivity index (χ3v) is 5.18. The highest BCUT2D eigenvalue weighted by Gasteiger charge is 2.44. The monoisotopic (exact) mass is 343 g/mol. The zero-order chi connectivity index (χ0) is 18.1. The molecule has 2 aliphatic heterocycles. The SMILES string of the molecule is Cc1ccc(N2C(=O)N(CC(=O)N3CCCCC3C)C(=O)C2C)cc1. The van der Waals surface area contributed by atoms with Gasteiger partial charge in [0.05, 0.1) is 0 Å². The van der Waals surface area contributed by atoms with Crippen molar-refractivity contribution in [2.75, 3.05) is 18.0 Å². The number of amides is 4. The number of aryl methyl sites for hydroxylation is 1. The van der Waals surface area contributed by atoms with E-state index in [0.29, 0.717) is 12.2 Å². The van der Waals surface area contributed by atoms with Gasteiger partial charge in [-0.2, -0.15) is 0 Å². The van der Waals surface area contributed by atoms with Crippen LogP contribution in [0.1, 0.15) is 38.7 Å². The molecule has 2 saturated heterocycles. The number of piperidine rings is 1. The van der Waals surface area contributed by atoms with Crippen LogP contribution in [0.3, 0.4) is 0 Å². The van der Waals surface area contributed by atoms with Crippen molar-refractivity contribution in [3.8, 4) is 0 Å². The molecule has 0 radical (unpaired) electrons. The average Bonchev–Trinajstić information content (AvgIpc) is 2.80. The lowest BCUT2D eigenvalue weighted by Crippen LogP contribution is -2.48. The summed E-state index contributed by atoms with van der Waals surface area (Å²) in [5.74, 6) is -0.463. The Balaban J connectivity index is 1.76. The van der Waals surface area contributed by atoms with Crippen LogP contribution < -0.4 is 4.90 Å². The van der Waals surface area contributed by atoms with Gasteiger partial charge >= 0.3 is 6.03 Å². The number of urea groups is 1. The second kappa shape index (κ2) is 6.86. The van der Waals surface area contributed by atoms with Gasteiger partial charge in [0.15, 0.2) is 0 Å². The van der Waals surface area contributed by atoms with E-state index in [1.165, 1.54) is 4.90 Å². The molecule has 6 heteroatoms. The van der Waals surface area contributed by atoms with Crippen molar-refractivity contribution in [2.45, 2.75) is 52.1 Å². The van der Waals surface area contributed by atoms with Gasteiger partial charge in [-0.05, 0) is 52.2 Å². The molecule has 0 aromatic heterocycles. The summed E-state index contributed by atoms with van der Waals surface area (Å²) < 4.78 is 0. The number of benzene rings is 1. The zero-order valence-electron chi connectivity index (χ0n) is 15.1. The molecule has 1 aromatic carbocycles. The number of anilines is 1. The summed E-state index contributed by atoms with van der Waals surface area (Å²) in [6, 6.07) is 6.62. The predicted octanol–water partition coefficient (Wildman–Crippen LogP) is 2.55. The van der Waals surface area contributed by atoms with E-state index < -0.39 is 12.1 Å². The minimum absolute atomic E-state index is 0.146. The Kier molecular flexibility index (Phi) is 4.79. The fourth-order valence-electron chi connectivity index (χ4n) is 3.61. The lowest BCUT2D eigenvalue weighted by Gasteiger charge is -2.34. The summed E-state index contributed by atoms with van der Waals surface area (Å²) in [6.45, 7) is 6.22. The van der Waals surface area contributed by atoms with Crippen molar-refractivity contribution in [1.82, 2.24) is 9.80 Å². The number of nitrogens with zero attached hydrogens (tertiary/aromatic N) is 3. The Hall–Kier alpha value is -2.37. The normalized spacial score (nSPS) is 24.2. The molecule has 2 heterocycles. The maximum absolute atomic E-state index is 12.8. The third kappa shape index (κ3) is 3.25. The number of carbonyl (C=O) groups is 3. The molecule has 2 fully saturated rings. The molecule has 6 nitrogen and oxygen atoms in total. The Morgan fingerprint density at radius 1 is 1.12 bits per heavy atom. The van der Waals surface area contributed by atoms with E-state index in [4.69, 9.17) is 0 Å². The lowest BCUT2D eigenvalue weighted by molar-refractivity contribution is -0.139. The van der Waals surface area contributed by atoms with Gasteiger partial charge in [-0.3, -0.25) is 19.4 Å². The summed E-state index contributed by atoms with van der Waals surface area (Å²) in [5, 5.41) is 0. The second-order valence-electron chi connectivity index (χ2n) is 7.02. The van der Waals surface area contributed by atoms with E-state index in [-0.39, 0.29) is 24.4 Å². The molecule has 0 N–H and O–H groups in total. The van der Waals surface area contributed by atoms with Crippen molar-refractivity contribution < 1.29 is 14.4 Å². The van der Waals surface area contributed by atoms with Gasteiger partial charge in [-0.1, -0.05) is 17.7 Å². The Morgan fingerprint density at radius 3 is 2.44 bits per heavy atom. The van der Waals surface area contributed by atoms with Crippen LogP contribution in [0.5, 0.6) is 0 Å². The topological polar surface area (TPSA) is 60.9 Å². The second-order valence-corrected chi connectivity index (χ2v) is 7.02. The quantitative estimate of drug-likeness (QED) is 0.793. The van der Waals surface area contributed by atoms with Crippen LogP contribution in [-0.2, 0) is 9.59 Å². The minimum Gasteiger partial charge on any atom is -0.338 e. The first-order chi connectivity index (χ1) is 11.9. The fraction of sp³-hybridized carbons (Fsp3) is 0.526. The summed E-state index contributed by atoms with van der Waals surface area (Å²) in [5.41, 5.74) is 1.76. The van der Waals surface area contributed by atoms with E-state index in [2.05, 4.69) is 0 Å². The fourth-order valence-corrected chi connectivity index (χ4v) is 3.61. The molecule has 134 valence electrons. The highest BCUT2D eigenvalue weighted by atomic mass is 16.2. The summed E-state index contributed by atoms with van der Waals surface area (Å²) in [7, 11) is 0. The predicted molar refractivity (Wildman–Crippen MR) is 95.3 cm³/mol. The molecule has 0 bridgehead atoms. The smallest absolute Gasteiger partial charge is 0.332 e. The Bertz CT molecular complexity index is 686. The van der Waals surface area contributed by atoms with E-state index >= 15 is 0 Å². The summed E-state index contributed by atoms with van der Waals surface area (Å²) in [4.78, 5) is 42.3. The van der Waals surface area contributed by atoms with Gasteiger partial charge in [0.2, 0.25) is 5.91 Å². The highest BCUT2D eigenvalue weighted by Crippen LogP contribution is 2.26. The van der Waals surface area contributed by atoms with Crippen LogP contribution in [0.4, 0.5) is 10.5 Å². The van der Waals surface area contributed by atoms with Gasteiger partial charge < -0.3 is 4.90 Å². The summed E-state index contributed by atoms with van der Waals surface area (Å²) in [6.07, 6.45) is 3.06. The van der Waals surface area contributed by atoms with E-state index in [0.717, 1.165) is 29.7 Å². The molecule has 2 unspecified atom stereocenters. The first-order valence-electron chi connectivity index (χ1n) is 8.91. The Labute approximate surface area is 148 Å². The number of imide groups is 1. The molecule has 2 atom stereocenters. The van der Waals surface area contributed by atoms with Gasteiger partial charge in [0.25, 0.3) is 5.91 Å². The van der Waals surface area contributed by atoms with Crippen LogP contribution in [0.25, 0.3) is 0 Å². The Morgan fingerprint density at radius 2 is 1.80 bits per heavy atom. The van der Waals surface area contributed by atoms with Crippen molar-refractivity contribution >= 4 is 23.5 Å². The van der Waals surface area contributed by atoms with Gasteiger partial charge in [-0.25, -0.2) is 4.79 Å². The van der Waals surface area contributed by atoms with Crippen LogP contribution in [0, 0.1) is 6.92 Å². The molecule has 3 rings (SSSR count). The highest BCUT2D eigenvalue weighted by molar-refractivity contribution is 6.15. The maximum atomic E-state index is 12.8. The number of carbonyl (C=O) groups excluding carboxylic acids is 3.